The maximum Gasteiger partial charge on any atom is 0.304 e. The van der Waals surface area contributed by atoms with Crippen molar-refractivity contribution in [2.75, 3.05) is 45.4 Å². The minimum atomic E-state index is -4.42. The predicted molar refractivity (Wildman–Crippen MR) is 62.3 cm³/mol. The summed E-state index contributed by atoms with van der Waals surface area (Å²) >= 11 is 0. The maximum atomic E-state index is 12.0. The molecule has 0 atom stereocenters. The van der Waals surface area contributed by atoms with Crippen molar-refractivity contribution >= 4 is 10.2 Å². The first-order valence-corrected chi connectivity index (χ1v) is 7.27. The van der Waals surface area contributed by atoms with Crippen molar-refractivity contribution in [3.8, 4) is 0 Å². The molecule has 0 rings (SSSR count). The molecule has 0 fully saturated rings. The van der Waals surface area contributed by atoms with Crippen molar-refractivity contribution in [2.24, 2.45) is 0 Å². The molecular formula is C10H21FO5S. The summed E-state index contributed by atoms with van der Waals surface area (Å²) in [6.07, 6.45) is 2.15. The van der Waals surface area contributed by atoms with Gasteiger partial charge in [0.2, 0.25) is 0 Å². The lowest BCUT2D eigenvalue weighted by Crippen LogP contribution is -2.13. The second-order valence-electron chi connectivity index (χ2n) is 3.43. The standard InChI is InChI=1S/C10H21FO5S/c1-2-3-4-14-5-6-15-7-8-16-9-10-17(11,12)13/h2-10H2,1H3. The van der Waals surface area contributed by atoms with Crippen molar-refractivity contribution in [1.82, 2.24) is 0 Å². The minimum Gasteiger partial charge on any atom is -0.379 e. The molecule has 0 saturated carbocycles. The van der Waals surface area contributed by atoms with Gasteiger partial charge in [0.05, 0.1) is 33.0 Å². The minimum absolute atomic E-state index is 0.144. The average Bonchev–Trinajstić information content (AvgIpc) is 2.24. The van der Waals surface area contributed by atoms with Crippen LogP contribution in [0.25, 0.3) is 0 Å². The van der Waals surface area contributed by atoms with Gasteiger partial charge in [0.25, 0.3) is 0 Å². The molecule has 5 nitrogen and oxygen atoms in total. The van der Waals surface area contributed by atoms with Crippen LogP contribution >= 0.6 is 0 Å². The van der Waals surface area contributed by atoms with E-state index in [-0.39, 0.29) is 13.2 Å². The lowest BCUT2D eigenvalue weighted by molar-refractivity contribution is 0.0167. The molecule has 0 spiro atoms. The van der Waals surface area contributed by atoms with Crippen molar-refractivity contribution in [1.29, 1.82) is 0 Å². The highest BCUT2D eigenvalue weighted by Crippen LogP contribution is 1.91. The summed E-state index contributed by atoms with van der Waals surface area (Å²) in [5, 5.41) is 0. The molecule has 7 heteroatoms. The summed E-state index contributed by atoms with van der Waals surface area (Å²) in [4.78, 5) is 0. The molecule has 0 radical (unpaired) electrons. The Labute approximate surface area is 102 Å². The predicted octanol–water partition coefficient (Wildman–Crippen LogP) is 1.14. The van der Waals surface area contributed by atoms with Crippen LogP contribution in [-0.4, -0.2) is 53.8 Å². The highest BCUT2D eigenvalue weighted by Gasteiger charge is 2.05. The number of halogens is 1. The molecule has 0 aromatic rings. The lowest BCUT2D eigenvalue weighted by atomic mass is 10.4. The normalized spacial score (nSPS) is 11.9. The van der Waals surface area contributed by atoms with Gasteiger partial charge >= 0.3 is 10.2 Å². The Kier molecular flexibility index (Phi) is 10.7. The van der Waals surface area contributed by atoms with Crippen molar-refractivity contribution < 1.29 is 26.5 Å². The lowest BCUT2D eigenvalue weighted by Gasteiger charge is -2.05. The summed E-state index contributed by atoms with van der Waals surface area (Å²) in [6.45, 7) is 4.32. The quantitative estimate of drug-likeness (QED) is 0.394. The van der Waals surface area contributed by atoms with Crippen LogP contribution in [0.15, 0.2) is 0 Å². The van der Waals surface area contributed by atoms with Crippen molar-refractivity contribution in [3.05, 3.63) is 0 Å². The Morgan fingerprint density at radius 2 is 1.35 bits per heavy atom. The topological polar surface area (TPSA) is 61.8 Å². The molecule has 0 aliphatic heterocycles. The Balaban J connectivity index is 3.04. The summed E-state index contributed by atoms with van der Waals surface area (Å²) < 4.78 is 47.5. The van der Waals surface area contributed by atoms with Crippen molar-refractivity contribution in [3.63, 3.8) is 0 Å². The second kappa shape index (κ2) is 10.9. The highest BCUT2D eigenvalue weighted by atomic mass is 32.3. The fourth-order valence-electron chi connectivity index (χ4n) is 0.947. The third-order valence-corrected chi connectivity index (χ3v) is 2.51. The zero-order valence-corrected chi connectivity index (χ0v) is 11.0. The van der Waals surface area contributed by atoms with Crippen molar-refractivity contribution in [2.45, 2.75) is 19.8 Å². The molecule has 0 aliphatic rings. The van der Waals surface area contributed by atoms with Gasteiger partial charge in [-0.2, -0.15) is 8.42 Å². The van der Waals surface area contributed by atoms with Crippen LogP contribution < -0.4 is 0 Å². The largest absolute Gasteiger partial charge is 0.379 e. The Bertz CT molecular complexity index is 255. The Hall–Kier alpha value is -0.240. The van der Waals surface area contributed by atoms with Gasteiger partial charge in [-0.25, -0.2) is 0 Å². The van der Waals surface area contributed by atoms with E-state index in [4.69, 9.17) is 14.2 Å². The van der Waals surface area contributed by atoms with Gasteiger partial charge in [0.15, 0.2) is 0 Å². The number of hydrogen-bond donors (Lipinski definition) is 0. The molecule has 0 N–H and O–H groups in total. The first-order chi connectivity index (χ1) is 8.06. The first-order valence-electron chi connectivity index (χ1n) is 5.72. The monoisotopic (exact) mass is 272 g/mol. The van der Waals surface area contributed by atoms with Gasteiger partial charge in [-0.3, -0.25) is 0 Å². The molecule has 0 aromatic carbocycles. The third-order valence-electron chi connectivity index (χ3n) is 1.86. The zero-order chi connectivity index (χ0) is 13.0. The van der Waals surface area contributed by atoms with Crippen LogP contribution in [0.3, 0.4) is 0 Å². The van der Waals surface area contributed by atoms with E-state index in [9.17, 15) is 12.3 Å². The molecule has 0 aromatic heterocycles. The van der Waals surface area contributed by atoms with Gasteiger partial charge in [-0.05, 0) is 6.42 Å². The van der Waals surface area contributed by atoms with Crippen LogP contribution in [0, 0.1) is 0 Å². The molecule has 104 valence electrons. The van der Waals surface area contributed by atoms with E-state index >= 15 is 0 Å². The van der Waals surface area contributed by atoms with Crippen LogP contribution in [0.1, 0.15) is 19.8 Å². The van der Waals surface area contributed by atoms with Gasteiger partial charge in [-0.1, -0.05) is 13.3 Å². The van der Waals surface area contributed by atoms with E-state index < -0.39 is 16.0 Å². The van der Waals surface area contributed by atoms with E-state index in [1.807, 2.05) is 0 Å². The van der Waals surface area contributed by atoms with E-state index in [2.05, 4.69) is 6.92 Å². The first kappa shape index (κ1) is 16.8. The Morgan fingerprint density at radius 1 is 0.882 bits per heavy atom. The fourth-order valence-corrected chi connectivity index (χ4v) is 1.26. The molecule has 17 heavy (non-hydrogen) atoms. The maximum absolute atomic E-state index is 12.0. The summed E-state index contributed by atoms with van der Waals surface area (Å²) in [5.41, 5.74) is 0. The fraction of sp³-hybridized carbons (Fsp3) is 1.00. The van der Waals surface area contributed by atoms with E-state index in [0.29, 0.717) is 19.8 Å². The van der Waals surface area contributed by atoms with Gasteiger partial charge in [0.1, 0.15) is 5.75 Å². The summed E-state index contributed by atoms with van der Waals surface area (Å²) in [5.74, 6) is -0.604. The van der Waals surface area contributed by atoms with Gasteiger partial charge in [0, 0.05) is 6.61 Å². The molecular weight excluding hydrogens is 251 g/mol. The number of hydrogen-bond acceptors (Lipinski definition) is 5. The number of ether oxygens (including phenoxy) is 3. The highest BCUT2D eigenvalue weighted by molar-refractivity contribution is 7.86. The van der Waals surface area contributed by atoms with Crippen LogP contribution in [-0.2, 0) is 24.4 Å². The zero-order valence-electron chi connectivity index (χ0n) is 10.2. The van der Waals surface area contributed by atoms with E-state index in [1.165, 1.54) is 0 Å². The van der Waals surface area contributed by atoms with Crippen LogP contribution in [0.2, 0.25) is 0 Å². The molecule has 0 saturated heterocycles. The molecule has 0 heterocycles. The van der Waals surface area contributed by atoms with Crippen LogP contribution in [0.4, 0.5) is 3.89 Å². The second-order valence-corrected chi connectivity index (χ2v) is 4.92. The summed E-state index contributed by atoms with van der Waals surface area (Å²) in [6, 6.07) is 0. The smallest absolute Gasteiger partial charge is 0.304 e. The number of rotatable bonds is 12. The van der Waals surface area contributed by atoms with Gasteiger partial charge in [-0.15, -0.1) is 3.89 Å². The average molecular weight is 272 g/mol. The molecule has 0 amide bonds. The van der Waals surface area contributed by atoms with E-state index in [0.717, 1.165) is 19.4 Å². The van der Waals surface area contributed by atoms with Crippen LogP contribution in [0.5, 0.6) is 0 Å². The molecule has 0 unspecified atom stereocenters. The summed E-state index contributed by atoms with van der Waals surface area (Å²) in [7, 11) is -4.42. The molecule has 0 aliphatic carbocycles. The third kappa shape index (κ3) is 15.8. The Morgan fingerprint density at radius 3 is 1.82 bits per heavy atom. The SMILES string of the molecule is CCCCOCCOCCOCCS(=O)(=O)F. The number of unbranched alkanes of at least 4 members (excludes halogenated alkanes) is 1. The van der Waals surface area contributed by atoms with Gasteiger partial charge < -0.3 is 14.2 Å². The van der Waals surface area contributed by atoms with E-state index in [1.54, 1.807) is 0 Å². The molecule has 0 bridgehead atoms.